The number of thioether (sulfide) groups is 1. The molecule has 0 fully saturated rings. The number of hydrogen-bond donors (Lipinski definition) is 1. The van der Waals surface area contributed by atoms with Gasteiger partial charge in [-0.05, 0) is 24.7 Å². The van der Waals surface area contributed by atoms with E-state index in [9.17, 15) is 0 Å². The fraction of sp³-hybridized carbons (Fsp3) is 0.909. The van der Waals surface area contributed by atoms with Crippen molar-refractivity contribution in [2.24, 2.45) is 10.4 Å². The molecule has 0 aromatic rings. The molecule has 0 unspecified atom stereocenters. The summed E-state index contributed by atoms with van der Waals surface area (Å²) in [5.74, 6) is 1.23. The number of nitrogens with zero attached hydrogens (tertiary/aromatic N) is 1. The first kappa shape index (κ1) is 11.9. The number of amidine groups is 1. The molecule has 0 aromatic heterocycles. The summed E-state index contributed by atoms with van der Waals surface area (Å²) in [6, 6.07) is 0. The predicted molar refractivity (Wildman–Crippen MR) is 66.1 cm³/mol. The third-order valence-corrected chi connectivity index (χ3v) is 4.40. The molecule has 0 bridgehead atoms. The highest BCUT2D eigenvalue weighted by Crippen LogP contribution is 2.34. The highest BCUT2D eigenvalue weighted by atomic mass is 32.2. The molecule has 0 amide bonds. The second-order valence-corrected chi connectivity index (χ2v) is 5.01. The Bertz CT molecular complexity index is 197. The zero-order valence-corrected chi connectivity index (χ0v) is 10.4. The van der Waals surface area contributed by atoms with E-state index in [2.05, 4.69) is 31.1 Å². The lowest BCUT2D eigenvalue weighted by Crippen LogP contribution is -2.34. The van der Waals surface area contributed by atoms with Gasteiger partial charge in [-0.3, -0.25) is 4.99 Å². The Morgan fingerprint density at radius 2 is 2.07 bits per heavy atom. The molecule has 0 aliphatic carbocycles. The molecule has 0 saturated carbocycles. The predicted octanol–water partition coefficient (Wildman–Crippen LogP) is 2.90. The monoisotopic (exact) mass is 214 g/mol. The van der Waals surface area contributed by atoms with Crippen LogP contribution in [-0.4, -0.2) is 24.0 Å². The van der Waals surface area contributed by atoms with Crippen LogP contribution in [0.25, 0.3) is 0 Å². The van der Waals surface area contributed by atoms with Gasteiger partial charge in [0.2, 0.25) is 0 Å². The summed E-state index contributed by atoms with van der Waals surface area (Å²) in [7, 11) is 0. The molecule has 1 rings (SSSR count). The Balaban J connectivity index is 2.45. The maximum Gasteiger partial charge on any atom is 0.156 e. The van der Waals surface area contributed by atoms with Crippen LogP contribution in [0, 0.1) is 5.41 Å². The van der Waals surface area contributed by atoms with Crippen molar-refractivity contribution in [3.63, 3.8) is 0 Å². The third-order valence-electron chi connectivity index (χ3n) is 3.10. The fourth-order valence-electron chi connectivity index (χ4n) is 1.57. The molecule has 0 saturated heterocycles. The van der Waals surface area contributed by atoms with Gasteiger partial charge in [-0.15, -0.1) is 0 Å². The number of hydrogen-bond acceptors (Lipinski definition) is 3. The van der Waals surface area contributed by atoms with E-state index in [1.807, 2.05) is 11.8 Å². The normalized spacial score (nSPS) is 20.4. The minimum Gasteiger partial charge on any atom is -0.365 e. The summed E-state index contributed by atoms with van der Waals surface area (Å²) in [5.41, 5.74) is 0.474. The zero-order valence-electron chi connectivity index (χ0n) is 9.60. The molecule has 1 aliphatic rings. The maximum absolute atomic E-state index is 4.63. The summed E-state index contributed by atoms with van der Waals surface area (Å²) in [6.07, 6.45) is 3.67. The van der Waals surface area contributed by atoms with Crippen LogP contribution in [0.3, 0.4) is 0 Å². The standard InChI is InChI=1S/C11H22N2S/c1-4-7-12-10-13-8-11(5-2,6-3)9-14-10/h4-9H2,1-3H3,(H,12,13). The van der Waals surface area contributed by atoms with E-state index in [0.29, 0.717) is 5.41 Å². The van der Waals surface area contributed by atoms with E-state index in [1.54, 1.807) is 0 Å². The summed E-state index contributed by atoms with van der Waals surface area (Å²) in [6.45, 7) is 8.81. The molecule has 0 atom stereocenters. The van der Waals surface area contributed by atoms with Crippen LogP contribution in [0.1, 0.15) is 40.0 Å². The quantitative estimate of drug-likeness (QED) is 0.778. The Morgan fingerprint density at radius 3 is 2.50 bits per heavy atom. The van der Waals surface area contributed by atoms with E-state index in [4.69, 9.17) is 0 Å². The summed E-state index contributed by atoms with van der Waals surface area (Å²) in [5, 5.41) is 4.53. The van der Waals surface area contributed by atoms with Crippen LogP contribution < -0.4 is 5.32 Å². The van der Waals surface area contributed by atoms with Crippen molar-refractivity contribution in [2.75, 3.05) is 18.8 Å². The SMILES string of the molecule is CCCNC1=NCC(CC)(CC)CS1. The second-order valence-electron chi connectivity index (χ2n) is 4.04. The Labute approximate surface area is 92.0 Å². The molecule has 1 N–H and O–H groups in total. The van der Waals surface area contributed by atoms with E-state index in [1.165, 1.54) is 25.0 Å². The van der Waals surface area contributed by atoms with Crippen LogP contribution in [0.5, 0.6) is 0 Å². The average molecular weight is 214 g/mol. The van der Waals surface area contributed by atoms with Crippen LogP contribution in [-0.2, 0) is 0 Å². The fourth-order valence-corrected chi connectivity index (χ4v) is 2.87. The summed E-state index contributed by atoms with van der Waals surface area (Å²) in [4.78, 5) is 4.63. The third kappa shape index (κ3) is 2.91. The van der Waals surface area contributed by atoms with Crippen LogP contribution in [0.15, 0.2) is 4.99 Å². The molecule has 1 aliphatic heterocycles. The lowest BCUT2D eigenvalue weighted by molar-refractivity contribution is 0.318. The minimum absolute atomic E-state index is 0.474. The Hall–Kier alpha value is -0.180. The van der Waals surface area contributed by atoms with Crippen molar-refractivity contribution < 1.29 is 0 Å². The van der Waals surface area contributed by atoms with Crippen molar-refractivity contribution in [1.82, 2.24) is 5.32 Å². The summed E-state index contributed by atoms with van der Waals surface area (Å²) < 4.78 is 0. The van der Waals surface area contributed by atoms with Crippen molar-refractivity contribution >= 4 is 16.9 Å². The first-order valence-corrected chi connectivity index (χ1v) is 6.66. The number of rotatable bonds is 4. The molecule has 0 radical (unpaired) electrons. The van der Waals surface area contributed by atoms with Gasteiger partial charge >= 0.3 is 0 Å². The van der Waals surface area contributed by atoms with Crippen LogP contribution in [0.2, 0.25) is 0 Å². The van der Waals surface area contributed by atoms with Gasteiger partial charge in [0.05, 0.1) is 0 Å². The average Bonchev–Trinajstić information content (AvgIpc) is 2.27. The molecule has 0 aromatic carbocycles. The number of nitrogens with one attached hydrogen (secondary N) is 1. The smallest absolute Gasteiger partial charge is 0.156 e. The zero-order chi connectivity index (χ0) is 10.4. The van der Waals surface area contributed by atoms with Gasteiger partial charge in [-0.25, -0.2) is 0 Å². The molecule has 14 heavy (non-hydrogen) atoms. The first-order valence-electron chi connectivity index (χ1n) is 5.67. The molecule has 1 heterocycles. The number of aliphatic imine (C=N–C) groups is 1. The maximum atomic E-state index is 4.63. The van der Waals surface area contributed by atoms with E-state index in [-0.39, 0.29) is 0 Å². The lowest BCUT2D eigenvalue weighted by Gasteiger charge is -2.33. The second kappa shape index (κ2) is 5.64. The van der Waals surface area contributed by atoms with E-state index in [0.717, 1.165) is 18.3 Å². The minimum atomic E-state index is 0.474. The highest BCUT2D eigenvalue weighted by molar-refractivity contribution is 8.13. The van der Waals surface area contributed by atoms with Gasteiger partial charge in [-0.2, -0.15) is 0 Å². The van der Waals surface area contributed by atoms with Crippen molar-refractivity contribution in [2.45, 2.75) is 40.0 Å². The Morgan fingerprint density at radius 1 is 1.36 bits per heavy atom. The highest BCUT2D eigenvalue weighted by Gasteiger charge is 2.29. The lowest BCUT2D eigenvalue weighted by atomic mass is 9.84. The van der Waals surface area contributed by atoms with Crippen molar-refractivity contribution in [1.29, 1.82) is 0 Å². The van der Waals surface area contributed by atoms with Gasteiger partial charge in [0, 0.05) is 18.8 Å². The topological polar surface area (TPSA) is 24.4 Å². The van der Waals surface area contributed by atoms with E-state index >= 15 is 0 Å². The van der Waals surface area contributed by atoms with Crippen LogP contribution >= 0.6 is 11.8 Å². The van der Waals surface area contributed by atoms with Crippen molar-refractivity contribution in [3.05, 3.63) is 0 Å². The summed E-state index contributed by atoms with van der Waals surface area (Å²) >= 11 is 1.90. The van der Waals surface area contributed by atoms with Gasteiger partial charge in [0.25, 0.3) is 0 Å². The van der Waals surface area contributed by atoms with Crippen molar-refractivity contribution in [3.8, 4) is 0 Å². The Kier molecular flexibility index (Phi) is 4.79. The molecule has 2 nitrogen and oxygen atoms in total. The van der Waals surface area contributed by atoms with E-state index < -0.39 is 0 Å². The van der Waals surface area contributed by atoms with Gasteiger partial charge < -0.3 is 5.32 Å². The molecular weight excluding hydrogens is 192 g/mol. The largest absolute Gasteiger partial charge is 0.365 e. The van der Waals surface area contributed by atoms with Crippen LogP contribution in [0.4, 0.5) is 0 Å². The molecule has 82 valence electrons. The van der Waals surface area contributed by atoms with Gasteiger partial charge in [-0.1, -0.05) is 32.5 Å². The molecule has 0 spiro atoms. The molecular formula is C11H22N2S. The first-order chi connectivity index (χ1) is 6.76. The van der Waals surface area contributed by atoms with Gasteiger partial charge in [0.15, 0.2) is 5.17 Å². The van der Waals surface area contributed by atoms with Gasteiger partial charge in [0.1, 0.15) is 0 Å². The molecule has 3 heteroatoms.